The second-order valence-electron chi connectivity index (χ2n) is 9.75. The van der Waals surface area contributed by atoms with Gasteiger partial charge in [-0.05, 0) is 57.5 Å². The molecule has 1 amide bonds. The van der Waals surface area contributed by atoms with E-state index >= 15 is 0 Å². The highest BCUT2D eigenvalue weighted by Gasteiger charge is 2.20. The molecule has 9 heteroatoms. The van der Waals surface area contributed by atoms with Crippen LogP contribution in [0.2, 0.25) is 0 Å². The molecule has 1 aromatic heterocycles. The zero-order valence-electron chi connectivity index (χ0n) is 22.5. The third kappa shape index (κ3) is 6.51. The van der Waals surface area contributed by atoms with Crippen molar-refractivity contribution in [3.05, 3.63) is 89.5 Å². The third-order valence-electron chi connectivity index (χ3n) is 6.50. The van der Waals surface area contributed by atoms with Crippen LogP contribution in [0.4, 0.5) is 11.4 Å². The van der Waals surface area contributed by atoms with Gasteiger partial charge in [0.2, 0.25) is 5.91 Å². The number of anilines is 1. The second kappa shape index (κ2) is 11.9. The van der Waals surface area contributed by atoms with Gasteiger partial charge in [-0.25, -0.2) is 9.79 Å². The number of hydrogen-bond donors (Lipinski definition) is 3. The molecule has 0 unspecified atom stereocenters. The number of rotatable bonds is 10. The lowest BCUT2D eigenvalue weighted by Gasteiger charge is -2.23. The number of aromatic carboxylic acids is 1. The van der Waals surface area contributed by atoms with E-state index in [9.17, 15) is 19.8 Å². The lowest BCUT2D eigenvalue weighted by atomic mass is 10.00. The van der Waals surface area contributed by atoms with Gasteiger partial charge in [-0.3, -0.25) is 9.69 Å². The van der Waals surface area contributed by atoms with E-state index in [2.05, 4.69) is 9.88 Å². The lowest BCUT2D eigenvalue weighted by Crippen LogP contribution is -2.39. The molecular formula is C30H33N5O4. The topological polar surface area (TPSA) is 112 Å². The maximum atomic E-state index is 12.8. The molecular weight excluding hydrogens is 494 g/mol. The molecule has 0 spiro atoms. The molecule has 3 N–H and O–H groups in total. The predicted molar refractivity (Wildman–Crippen MR) is 155 cm³/mol. The molecule has 3 aromatic carbocycles. The van der Waals surface area contributed by atoms with Gasteiger partial charge >= 0.3 is 5.97 Å². The minimum absolute atomic E-state index is 0.0121. The Labute approximate surface area is 227 Å². The van der Waals surface area contributed by atoms with Crippen LogP contribution >= 0.6 is 0 Å². The molecule has 202 valence electrons. The zero-order valence-corrected chi connectivity index (χ0v) is 22.5. The van der Waals surface area contributed by atoms with Crippen LogP contribution in [0.15, 0.2) is 77.8 Å². The minimum atomic E-state index is -1.05. The van der Waals surface area contributed by atoms with Gasteiger partial charge < -0.3 is 25.0 Å². The first-order chi connectivity index (χ1) is 18.6. The summed E-state index contributed by atoms with van der Waals surface area (Å²) in [4.78, 5) is 37.7. The Morgan fingerprint density at radius 2 is 1.56 bits per heavy atom. The third-order valence-corrected chi connectivity index (χ3v) is 6.50. The Morgan fingerprint density at radius 1 is 0.872 bits per heavy atom. The van der Waals surface area contributed by atoms with E-state index in [-0.39, 0.29) is 17.4 Å². The summed E-state index contributed by atoms with van der Waals surface area (Å²) in [6, 6.07) is 21.5. The van der Waals surface area contributed by atoms with Crippen LogP contribution in [0.1, 0.15) is 21.5 Å². The van der Waals surface area contributed by atoms with Crippen molar-refractivity contribution in [2.75, 3.05) is 52.7 Å². The van der Waals surface area contributed by atoms with Gasteiger partial charge in [-0.2, -0.15) is 0 Å². The Morgan fingerprint density at radius 3 is 2.21 bits per heavy atom. The summed E-state index contributed by atoms with van der Waals surface area (Å²) in [6.45, 7) is 1.98. The number of nitrogens with zero attached hydrogens (tertiary/aromatic N) is 4. The van der Waals surface area contributed by atoms with Crippen LogP contribution in [0.3, 0.4) is 0 Å². The lowest BCUT2D eigenvalue weighted by molar-refractivity contribution is -0.119. The number of carbonyl (C=O) groups excluding carboxylic acids is 1. The van der Waals surface area contributed by atoms with Crippen molar-refractivity contribution in [3.63, 3.8) is 0 Å². The summed E-state index contributed by atoms with van der Waals surface area (Å²) < 4.78 is 0. The second-order valence-corrected chi connectivity index (χ2v) is 9.75. The van der Waals surface area contributed by atoms with Crippen molar-refractivity contribution in [2.24, 2.45) is 4.99 Å². The van der Waals surface area contributed by atoms with Crippen molar-refractivity contribution in [1.82, 2.24) is 14.8 Å². The van der Waals surface area contributed by atoms with E-state index in [1.165, 1.54) is 12.1 Å². The molecule has 4 aromatic rings. The monoisotopic (exact) mass is 527 g/mol. The molecule has 0 aliphatic heterocycles. The van der Waals surface area contributed by atoms with E-state index in [1.54, 1.807) is 18.0 Å². The average Bonchev–Trinajstić information content (AvgIpc) is 3.25. The van der Waals surface area contributed by atoms with E-state index in [4.69, 9.17) is 4.99 Å². The summed E-state index contributed by atoms with van der Waals surface area (Å²) in [5.74, 6) is -1.16. The maximum absolute atomic E-state index is 12.8. The van der Waals surface area contributed by atoms with Gasteiger partial charge in [0, 0.05) is 42.3 Å². The van der Waals surface area contributed by atoms with Crippen molar-refractivity contribution in [1.29, 1.82) is 0 Å². The van der Waals surface area contributed by atoms with Crippen molar-refractivity contribution >= 4 is 39.9 Å². The molecule has 0 bridgehead atoms. The molecule has 4 rings (SSSR count). The fraction of sp³-hybridized carbons (Fsp3) is 0.233. The molecule has 0 atom stereocenters. The van der Waals surface area contributed by atoms with Crippen LogP contribution < -0.4 is 4.90 Å². The number of likely N-dealkylation sites (N-methyl/N-ethyl adjacent to an activating group) is 3. The highest BCUT2D eigenvalue weighted by Crippen LogP contribution is 2.32. The summed E-state index contributed by atoms with van der Waals surface area (Å²) in [5, 5.41) is 20.9. The van der Waals surface area contributed by atoms with Crippen LogP contribution in [0.25, 0.3) is 10.9 Å². The molecule has 39 heavy (non-hydrogen) atoms. The maximum Gasteiger partial charge on any atom is 0.335 e. The number of nitrogens with one attached hydrogen (secondary N) is 1. The van der Waals surface area contributed by atoms with Crippen LogP contribution in [0, 0.1) is 0 Å². The summed E-state index contributed by atoms with van der Waals surface area (Å²) >= 11 is 0. The van der Waals surface area contributed by atoms with Crippen LogP contribution in [-0.2, 0) is 4.79 Å². The molecule has 0 radical (unpaired) electrons. The molecule has 0 saturated carbocycles. The fourth-order valence-corrected chi connectivity index (χ4v) is 4.23. The van der Waals surface area contributed by atoms with Gasteiger partial charge in [-0.15, -0.1) is 0 Å². The Balaban J connectivity index is 1.65. The van der Waals surface area contributed by atoms with Gasteiger partial charge in [0.25, 0.3) is 0 Å². The first-order valence-electron chi connectivity index (χ1n) is 12.6. The molecule has 0 aliphatic rings. The smallest absolute Gasteiger partial charge is 0.335 e. The van der Waals surface area contributed by atoms with Gasteiger partial charge in [0.05, 0.1) is 29.1 Å². The van der Waals surface area contributed by atoms with E-state index in [1.807, 2.05) is 80.6 Å². The fourth-order valence-electron chi connectivity index (χ4n) is 4.23. The van der Waals surface area contributed by atoms with Crippen molar-refractivity contribution in [3.8, 4) is 5.88 Å². The highest BCUT2D eigenvalue weighted by atomic mass is 16.4. The van der Waals surface area contributed by atoms with Gasteiger partial charge in [0.15, 0.2) is 5.88 Å². The van der Waals surface area contributed by atoms with Crippen molar-refractivity contribution in [2.45, 2.75) is 0 Å². The molecule has 0 aliphatic carbocycles. The highest BCUT2D eigenvalue weighted by molar-refractivity contribution is 6.22. The number of aliphatic imine (C=N–C) groups is 1. The molecule has 9 nitrogen and oxygen atoms in total. The Kier molecular flexibility index (Phi) is 8.43. The first-order valence-corrected chi connectivity index (χ1v) is 12.6. The average molecular weight is 528 g/mol. The normalized spacial score (nSPS) is 11.9. The summed E-state index contributed by atoms with van der Waals surface area (Å²) in [7, 11) is 7.69. The molecule has 0 saturated heterocycles. The van der Waals surface area contributed by atoms with Gasteiger partial charge in [0.1, 0.15) is 0 Å². The number of hydrogen-bond acceptors (Lipinski definition) is 6. The number of amides is 1. The Bertz CT molecular complexity index is 1490. The number of carbonyl (C=O) groups is 2. The largest absolute Gasteiger partial charge is 0.494 e. The number of aromatic amines is 1. The number of H-pyrrole nitrogens is 1. The number of aromatic nitrogens is 1. The predicted octanol–water partition coefficient (Wildman–Crippen LogP) is 4.20. The number of carboxylic acid groups (broad SMARTS) is 1. The van der Waals surface area contributed by atoms with Crippen LogP contribution in [0.5, 0.6) is 5.88 Å². The minimum Gasteiger partial charge on any atom is -0.494 e. The summed E-state index contributed by atoms with van der Waals surface area (Å²) in [5.41, 5.74) is 3.79. The van der Waals surface area contributed by atoms with E-state index in [0.29, 0.717) is 34.4 Å². The number of benzene rings is 3. The molecule has 1 heterocycles. The van der Waals surface area contributed by atoms with Crippen LogP contribution in [-0.4, -0.2) is 90.4 Å². The van der Waals surface area contributed by atoms with E-state index in [0.717, 1.165) is 24.3 Å². The number of fused-ring (bicyclic) bond motifs is 1. The van der Waals surface area contributed by atoms with E-state index < -0.39 is 5.97 Å². The molecule has 0 fully saturated rings. The number of aromatic hydroxyl groups is 1. The standard InChI is InChI=1S/C30H33N5O4/c1-33(2)16-17-34(3)19-26(36)35(4)23-13-11-22(12-14-23)31-28(20-8-6-5-7-9-20)27-24-15-10-21(30(38)39)18-25(24)32-29(27)37/h5-15,18,32,37H,16-17,19H2,1-4H3,(H,38,39). The Hall–Kier alpha value is -4.47. The van der Waals surface area contributed by atoms with Crippen molar-refractivity contribution < 1.29 is 19.8 Å². The first kappa shape index (κ1) is 27.6. The summed E-state index contributed by atoms with van der Waals surface area (Å²) in [6.07, 6.45) is 0. The quantitative estimate of drug-likeness (QED) is 0.267. The SMILES string of the molecule is CN(C)CCN(C)CC(=O)N(C)c1ccc(N=C(c2ccccc2)c2c(O)[nH]c3cc(C(=O)O)ccc23)cc1. The van der Waals surface area contributed by atoms with Gasteiger partial charge in [-0.1, -0.05) is 36.4 Å². The zero-order chi connectivity index (χ0) is 28.1. The number of carboxylic acids is 1.